The van der Waals surface area contributed by atoms with Crippen molar-refractivity contribution in [3.8, 4) is 6.07 Å². The van der Waals surface area contributed by atoms with E-state index >= 15 is 0 Å². The average Bonchev–Trinajstić information content (AvgIpc) is 2.60. The number of anilines is 1. The van der Waals surface area contributed by atoms with Crippen LogP contribution in [0.25, 0.3) is 6.08 Å². The number of nitrogens with one attached hydrogen (secondary N) is 1. The molecule has 0 aliphatic carbocycles. The van der Waals surface area contributed by atoms with Crippen molar-refractivity contribution in [3.05, 3.63) is 65.5 Å². The Morgan fingerprint density at radius 3 is 2.70 bits per heavy atom. The molecule has 0 bridgehead atoms. The Morgan fingerprint density at radius 1 is 1.30 bits per heavy atom. The Hall–Kier alpha value is -2.93. The van der Waals surface area contributed by atoms with Gasteiger partial charge in [-0.25, -0.2) is 0 Å². The molecule has 1 heterocycles. The SMILES string of the molecule is CCCCc1ccc(NC(=O)/C(C#N)=C/c2cccnc2)cc1. The van der Waals surface area contributed by atoms with Crippen molar-refractivity contribution in [2.75, 3.05) is 5.32 Å². The number of aromatic nitrogens is 1. The van der Waals surface area contributed by atoms with Crippen LogP contribution in [0.4, 0.5) is 5.69 Å². The monoisotopic (exact) mass is 305 g/mol. The highest BCUT2D eigenvalue weighted by Gasteiger charge is 2.09. The highest BCUT2D eigenvalue weighted by molar-refractivity contribution is 6.09. The van der Waals surface area contributed by atoms with E-state index in [1.807, 2.05) is 30.3 Å². The Kier molecular flexibility index (Phi) is 6.07. The molecule has 1 aromatic carbocycles. The van der Waals surface area contributed by atoms with E-state index in [1.54, 1.807) is 24.5 Å². The Labute approximate surface area is 136 Å². The lowest BCUT2D eigenvalue weighted by Crippen LogP contribution is -2.13. The first kappa shape index (κ1) is 16.4. The second-order valence-corrected chi connectivity index (χ2v) is 5.21. The van der Waals surface area contributed by atoms with Gasteiger partial charge in [-0.15, -0.1) is 0 Å². The first-order chi connectivity index (χ1) is 11.2. The van der Waals surface area contributed by atoms with Gasteiger partial charge < -0.3 is 5.32 Å². The number of carbonyl (C=O) groups excluding carboxylic acids is 1. The molecule has 0 aliphatic rings. The lowest BCUT2D eigenvalue weighted by atomic mass is 10.1. The lowest BCUT2D eigenvalue weighted by molar-refractivity contribution is -0.112. The second kappa shape index (κ2) is 8.50. The van der Waals surface area contributed by atoms with Crippen LogP contribution in [0.1, 0.15) is 30.9 Å². The molecule has 0 saturated heterocycles. The molecule has 0 radical (unpaired) electrons. The molecule has 2 aromatic rings. The van der Waals surface area contributed by atoms with Crippen molar-refractivity contribution >= 4 is 17.7 Å². The number of nitriles is 1. The number of nitrogens with zero attached hydrogens (tertiary/aromatic N) is 2. The maximum absolute atomic E-state index is 12.2. The van der Waals surface area contributed by atoms with Crippen LogP contribution in [0.15, 0.2) is 54.4 Å². The zero-order valence-corrected chi connectivity index (χ0v) is 13.1. The van der Waals surface area contributed by atoms with Gasteiger partial charge in [-0.1, -0.05) is 31.5 Å². The maximum atomic E-state index is 12.2. The predicted octanol–water partition coefficient (Wildman–Crippen LogP) is 3.97. The van der Waals surface area contributed by atoms with Gasteiger partial charge in [-0.05, 0) is 48.2 Å². The minimum Gasteiger partial charge on any atom is -0.321 e. The van der Waals surface area contributed by atoms with Crippen molar-refractivity contribution in [3.63, 3.8) is 0 Å². The molecule has 0 atom stereocenters. The van der Waals surface area contributed by atoms with Gasteiger partial charge in [0.2, 0.25) is 0 Å². The summed E-state index contributed by atoms with van der Waals surface area (Å²) < 4.78 is 0. The first-order valence-corrected chi connectivity index (χ1v) is 7.65. The summed E-state index contributed by atoms with van der Waals surface area (Å²) in [5.74, 6) is -0.419. The van der Waals surface area contributed by atoms with E-state index in [0.717, 1.165) is 19.3 Å². The molecular weight excluding hydrogens is 286 g/mol. The summed E-state index contributed by atoms with van der Waals surface area (Å²) in [6.45, 7) is 2.16. The average molecular weight is 305 g/mol. The van der Waals surface area contributed by atoms with Crippen LogP contribution in [0.3, 0.4) is 0 Å². The number of pyridine rings is 1. The highest BCUT2D eigenvalue weighted by Crippen LogP contribution is 2.13. The number of amides is 1. The fourth-order valence-electron chi connectivity index (χ4n) is 2.11. The number of hydrogen-bond donors (Lipinski definition) is 1. The summed E-state index contributed by atoms with van der Waals surface area (Å²) in [6.07, 6.45) is 8.12. The summed E-state index contributed by atoms with van der Waals surface area (Å²) >= 11 is 0. The molecule has 116 valence electrons. The van der Waals surface area contributed by atoms with Gasteiger partial charge in [0.25, 0.3) is 5.91 Å². The number of rotatable bonds is 6. The van der Waals surface area contributed by atoms with Crippen molar-refractivity contribution in [1.82, 2.24) is 4.98 Å². The predicted molar refractivity (Wildman–Crippen MR) is 91.5 cm³/mol. The molecule has 1 aromatic heterocycles. The lowest BCUT2D eigenvalue weighted by Gasteiger charge is -2.06. The molecule has 0 unspecified atom stereocenters. The fraction of sp³-hybridized carbons (Fsp3) is 0.211. The third kappa shape index (κ3) is 5.08. The van der Waals surface area contributed by atoms with E-state index in [-0.39, 0.29) is 5.57 Å². The minimum atomic E-state index is -0.419. The summed E-state index contributed by atoms with van der Waals surface area (Å²) in [4.78, 5) is 16.1. The van der Waals surface area contributed by atoms with Gasteiger partial charge in [0.05, 0.1) is 0 Å². The maximum Gasteiger partial charge on any atom is 0.266 e. The van der Waals surface area contributed by atoms with Crippen LogP contribution in [0.5, 0.6) is 0 Å². The van der Waals surface area contributed by atoms with Crippen molar-refractivity contribution in [1.29, 1.82) is 5.26 Å². The molecule has 2 rings (SSSR count). The quantitative estimate of drug-likeness (QED) is 0.648. The van der Waals surface area contributed by atoms with Crippen LogP contribution in [0.2, 0.25) is 0 Å². The summed E-state index contributed by atoms with van der Waals surface area (Å²) in [6, 6.07) is 13.2. The van der Waals surface area contributed by atoms with E-state index < -0.39 is 5.91 Å². The Bertz CT molecular complexity index is 713. The molecule has 0 saturated carbocycles. The Morgan fingerprint density at radius 2 is 2.09 bits per heavy atom. The molecule has 4 nitrogen and oxygen atoms in total. The van der Waals surface area contributed by atoms with E-state index in [0.29, 0.717) is 11.3 Å². The zero-order valence-electron chi connectivity index (χ0n) is 13.1. The minimum absolute atomic E-state index is 0.0491. The van der Waals surface area contributed by atoms with Crippen molar-refractivity contribution < 1.29 is 4.79 Å². The van der Waals surface area contributed by atoms with E-state index in [2.05, 4.69) is 17.2 Å². The van der Waals surface area contributed by atoms with Crippen LogP contribution in [0, 0.1) is 11.3 Å². The molecular formula is C19H19N3O. The molecule has 23 heavy (non-hydrogen) atoms. The smallest absolute Gasteiger partial charge is 0.266 e. The molecule has 1 amide bonds. The van der Waals surface area contributed by atoms with Gasteiger partial charge in [0.15, 0.2) is 0 Å². The molecule has 0 spiro atoms. The number of hydrogen-bond acceptors (Lipinski definition) is 3. The molecule has 4 heteroatoms. The van der Waals surface area contributed by atoms with Crippen molar-refractivity contribution in [2.45, 2.75) is 26.2 Å². The Balaban J connectivity index is 2.05. The van der Waals surface area contributed by atoms with Crippen LogP contribution < -0.4 is 5.32 Å². The third-order valence-corrected chi connectivity index (χ3v) is 3.39. The number of aryl methyl sites for hydroxylation is 1. The summed E-state index contributed by atoms with van der Waals surface area (Å²) in [7, 11) is 0. The van der Waals surface area contributed by atoms with Gasteiger partial charge in [-0.2, -0.15) is 5.26 Å². The number of unbranched alkanes of at least 4 members (excludes halogenated alkanes) is 1. The van der Waals surface area contributed by atoms with Gasteiger partial charge in [-0.3, -0.25) is 9.78 Å². The standard InChI is InChI=1S/C19H19N3O/c1-2-3-5-15-7-9-18(10-8-15)22-19(23)17(13-20)12-16-6-4-11-21-14-16/h4,6-12,14H,2-3,5H2,1H3,(H,22,23)/b17-12+. The van der Waals surface area contributed by atoms with Crippen LogP contribution in [-0.4, -0.2) is 10.9 Å². The summed E-state index contributed by atoms with van der Waals surface area (Å²) in [5, 5.41) is 11.9. The first-order valence-electron chi connectivity index (χ1n) is 7.65. The molecule has 0 aliphatic heterocycles. The normalized spacial score (nSPS) is 10.9. The van der Waals surface area contributed by atoms with Gasteiger partial charge in [0, 0.05) is 18.1 Å². The van der Waals surface area contributed by atoms with Crippen molar-refractivity contribution in [2.24, 2.45) is 0 Å². The third-order valence-electron chi connectivity index (χ3n) is 3.39. The zero-order chi connectivity index (χ0) is 16.5. The van der Waals surface area contributed by atoms with E-state index in [4.69, 9.17) is 0 Å². The van der Waals surface area contributed by atoms with E-state index in [9.17, 15) is 10.1 Å². The van der Waals surface area contributed by atoms with Crippen LogP contribution in [-0.2, 0) is 11.2 Å². The second-order valence-electron chi connectivity index (χ2n) is 5.21. The summed E-state index contributed by atoms with van der Waals surface area (Å²) in [5.41, 5.74) is 2.70. The van der Waals surface area contributed by atoms with Gasteiger partial charge in [0.1, 0.15) is 11.6 Å². The molecule has 0 fully saturated rings. The van der Waals surface area contributed by atoms with Crippen LogP contribution >= 0.6 is 0 Å². The van der Waals surface area contributed by atoms with E-state index in [1.165, 1.54) is 11.6 Å². The largest absolute Gasteiger partial charge is 0.321 e. The van der Waals surface area contributed by atoms with Gasteiger partial charge >= 0.3 is 0 Å². The molecule has 1 N–H and O–H groups in total. The fourth-order valence-corrected chi connectivity index (χ4v) is 2.11. The number of benzene rings is 1. The highest BCUT2D eigenvalue weighted by atomic mass is 16.1. The topological polar surface area (TPSA) is 65.8 Å². The number of carbonyl (C=O) groups is 1.